The summed E-state index contributed by atoms with van der Waals surface area (Å²) >= 11 is 6.29. The Labute approximate surface area is 192 Å². The molecule has 0 saturated carbocycles. The van der Waals surface area contributed by atoms with Gasteiger partial charge >= 0.3 is 0 Å². The van der Waals surface area contributed by atoms with E-state index in [2.05, 4.69) is 5.32 Å². The van der Waals surface area contributed by atoms with Crippen molar-refractivity contribution >= 4 is 40.4 Å². The number of carbonyl (C=O) groups is 2. The Hall–Kier alpha value is -3.57. The lowest BCUT2D eigenvalue weighted by atomic mass is 10.0. The van der Waals surface area contributed by atoms with Crippen molar-refractivity contribution in [3.05, 3.63) is 93.6 Å². The maximum Gasteiger partial charge on any atom is 0.282 e. The Bertz CT molecular complexity index is 1280. The molecule has 2 amide bonds. The average Bonchev–Trinajstić information content (AvgIpc) is 3.02. The Balaban J connectivity index is 1.92. The van der Waals surface area contributed by atoms with Crippen LogP contribution in [-0.2, 0) is 9.59 Å². The van der Waals surface area contributed by atoms with Crippen molar-refractivity contribution in [3.8, 4) is 5.75 Å². The van der Waals surface area contributed by atoms with Crippen LogP contribution in [0.25, 0.3) is 5.57 Å². The fourth-order valence-electron chi connectivity index (χ4n) is 3.80. The summed E-state index contributed by atoms with van der Waals surface area (Å²) in [5.41, 5.74) is 4.78. The molecule has 3 aromatic carbocycles. The molecule has 1 aliphatic heterocycles. The van der Waals surface area contributed by atoms with E-state index < -0.39 is 11.8 Å². The monoisotopic (exact) mass is 446 g/mol. The van der Waals surface area contributed by atoms with Gasteiger partial charge in [-0.1, -0.05) is 48.0 Å². The second kappa shape index (κ2) is 8.52. The van der Waals surface area contributed by atoms with Crippen LogP contribution in [0.1, 0.15) is 22.3 Å². The highest BCUT2D eigenvalue weighted by Crippen LogP contribution is 2.39. The number of nitrogens with one attached hydrogen (secondary N) is 1. The molecule has 32 heavy (non-hydrogen) atoms. The van der Waals surface area contributed by atoms with Crippen molar-refractivity contribution < 1.29 is 14.3 Å². The first-order valence-corrected chi connectivity index (χ1v) is 10.6. The third-order valence-corrected chi connectivity index (χ3v) is 6.00. The van der Waals surface area contributed by atoms with E-state index in [9.17, 15) is 9.59 Å². The van der Waals surface area contributed by atoms with Gasteiger partial charge in [0, 0.05) is 16.3 Å². The lowest BCUT2D eigenvalue weighted by molar-refractivity contribution is -0.120. The number of hydrogen-bond acceptors (Lipinski definition) is 4. The zero-order valence-electron chi connectivity index (χ0n) is 18.3. The first-order valence-electron chi connectivity index (χ1n) is 10.2. The first-order chi connectivity index (χ1) is 15.3. The summed E-state index contributed by atoms with van der Waals surface area (Å²) in [6.45, 7) is 5.67. The van der Waals surface area contributed by atoms with Gasteiger partial charge in [-0.05, 0) is 61.7 Å². The van der Waals surface area contributed by atoms with Crippen LogP contribution in [0.15, 0.2) is 66.4 Å². The van der Waals surface area contributed by atoms with Gasteiger partial charge in [0.1, 0.15) is 11.4 Å². The quantitative estimate of drug-likeness (QED) is 0.513. The standard InChI is InChI=1S/C26H23ClN2O3/c1-15-12-13-16(2)21(14-15)29-25(30)23(18-8-5-6-11-22(18)32-4)24(26(29)31)28-20-10-7-9-19(27)17(20)3/h5-14,28H,1-4H3. The third kappa shape index (κ3) is 3.65. The number of benzene rings is 3. The SMILES string of the molecule is COc1ccccc1C1=C(Nc2cccc(Cl)c2C)C(=O)N(c2cc(C)ccc2C)C1=O. The molecule has 6 heteroatoms. The Morgan fingerprint density at radius 1 is 0.906 bits per heavy atom. The zero-order chi connectivity index (χ0) is 23.0. The van der Waals surface area contributed by atoms with Gasteiger partial charge in [0.05, 0.1) is 18.4 Å². The van der Waals surface area contributed by atoms with E-state index in [0.29, 0.717) is 27.7 Å². The molecule has 4 rings (SSSR count). The molecule has 1 N–H and O–H groups in total. The average molecular weight is 447 g/mol. The summed E-state index contributed by atoms with van der Waals surface area (Å²) in [6.07, 6.45) is 0. The number of aryl methyl sites for hydroxylation is 2. The minimum atomic E-state index is -0.427. The van der Waals surface area contributed by atoms with Crippen LogP contribution in [0.3, 0.4) is 0 Å². The second-order valence-corrected chi connectivity index (χ2v) is 8.13. The van der Waals surface area contributed by atoms with E-state index in [0.717, 1.165) is 16.7 Å². The van der Waals surface area contributed by atoms with E-state index in [1.807, 2.05) is 57.2 Å². The van der Waals surface area contributed by atoms with Crippen molar-refractivity contribution in [1.82, 2.24) is 0 Å². The summed E-state index contributed by atoms with van der Waals surface area (Å²) in [5, 5.41) is 3.76. The molecule has 0 fully saturated rings. The number of halogens is 1. The van der Waals surface area contributed by atoms with Crippen LogP contribution >= 0.6 is 11.6 Å². The molecule has 0 aliphatic carbocycles. The second-order valence-electron chi connectivity index (χ2n) is 7.72. The molecule has 3 aromatic rings. The highest BCUT2D eigenvalue weighted by Gasteiger charge is 2.42. The minimum Gasteiger partial charge on any atom is -0.496 e. The highest BCUT2D eigenvalue weighted by atomic mass is 35.5. The van der Waals surface area contributed by atoms with E-state index in [4.69, 9.17) is 16.3 Å². The zero-order valence-corrected chi connectivity index (χ0v) is 19.1. The highest BCUT2D eigenvalue weighted by molar-refractivity contribution is 6.46. The van der Waals surface area contributed by atoms with Crippen molar-refractivity contribution in [2.75, 3.05) is 17.3 Å². The van der Waals surface area contributed by atoms with Gasteiger partial charge in [-0.2, -0.15) is 0 Å². The van der Waals surface area contributed by atoms with E-state index in [1.165, 1.54) is 12.0 Å². The number of nitrogens with zero attached hydrogens (tertiary/aromatic N) is 1. The lowest BCUT2D eigenvalue weighted by Gasteiger charge is -2.19. The maximum absolute atomic E-state index is 13.7. The molecule has 0 unspecified atom stereocenters. The smallest absolute Gasteiger partial charge is 0.282 e. The summed E-state index contributed by atoms with van der Waals surface area (Å²) in [4.78, 5) is 28.6. The van der Waals surface area contributed by atoms with Crippen molar-refractivity contribution in [1.29, 1.82) is 0 Å². The van der Waals surface area contributed by atoms with Gasteiger partial charge in [0.15, 0.2) is 0 Å². The van der Waals surface area contributed by atoms with E-state index in [-0.39, 0.29) is 11.3 Å². The topological polar surface area (TPSA) is 58.6 Å². The minimum absolute atomic E-state index is 0.186. The van der Waals surface area contributed by atoms with Crippen LogP contribution in [0.2, 0.25) is 5.02 Å². The number of anilines is 2. The molecule has 5 nitrogen and oxygen atoms in total. The van der Waals surface area contributed by atoms with Crippen LogP contribution in [0.5, 0.6) is 5.75 Å². The molecule has 1 aliphatic rings. The fourth-order valence-corrected chi connectivity index (χ4v) is 3.98. The normalized spacial score (nSPS) is 13.7. The molecular formula is C26H23ClN2O3. The van der Waals surface area contributed by atoms with Gasteiger partial charge in [0.25, 0.3) is 11.8 Å². The number of amides is 2. The number of para-hydroxylation sites is 1. The van der Waals surface area contributed by atoms with Gasteiger partial charge in [0.2, 0.25) is 0 Å². The van der Waals surface area contributed by atoms with Crippen LogP contribution in [0.4, 0.5) is 11.4 Å². The number of imide groups is 1. The predicted octanol–water partition coefficient (Wildman–Crippen LogP) is 5.67. The van der Waals surface area contributed by atoms with E-state index >= 15 is 0 Å². The van der Waals surface area contributed by atoms with Gasteiger partial charge < -0.3 is 10.1 Å². The number of hydrogen-bond donors (Lipinski definition) is 1. The molecule has 1 heterocycles. The summed E-state index contributed by atoms with van der Waals surface area (Å²) < 4.78 is 5.50. The van der Waals surface area contributed by atoms with Crippen LogP contribution in [0, 0.1) is 20.8 Å². The summed E-state index contributed by atoms with van der Waals surface area (Å²) in [5.74, 6) is -0.326. The van der Waals surface area contributed by atoms with Crippen molar-refractivity contribution in [2.45, 2.75) is 20.8 Å². The first kappa shape index (κ1) is 21.7. The van der Waals surface area contributed by atoms with Crippen molar-refractivity contribution in [2.24, 2.45) is 0 Å². The van der Waals surface area contributed by atoms with Gasteiger partial charge in [-0.25, -0.2) is 4.90 Å². The molecule has 162 valence electrons. The Morgan fingerprint density at radius 3 is 2.41 bits per heavy atom. The number of ether oxygens (including phenoxy) is 1. The predicted molar refractivity (Wildman–Crippen MR) is 128 cm³/mol. The third-order valence-electron chi connectivity index (χ3n) is 5.59. The Morgan fingerprint density at radius 2 is 1.66 bits per heavy atom. The maximum atomic E-state index is 13.7. The van der Waals surface area contributed by atoms with Crippen LogP contribution < -0.4 is 15.0 Å². The molecule has 0 aromatic heterocycles. The lowest BCUT2D eigenvalue weighted by Crippen LogP contribution is -2.33. The number of methoxy groups -OCH3 is 1. The molecule has 0 saturated heterocycles. The largest absolute Gasteiger partial charge is 0.496 e. The van der Waals surface area contributed by atoms with Crippen LogP contribution in [-0.4, -0.2) is 18.9 Å². The fraction of sp³-hybridized carbons (Fsp3) is 0.154. The molecule has 0 radical (unpaired) electrons. The number of rotatable bonds is 5. The molecule has 0 atom stereocenters. The van der Waals surface area contributed by atoms with Gasteiger partial charge in [-0.3, -0.25) is 9.59 Å². The van der Waals surface area contributed by atoms with Gasteiger partial charge in [-0.15, -0.1) is 0 Å². The molecular weight excluding hydrogens is 424 g/mol. The Kier molecular flexibility index (Phi) is 5.76. The summed E-state index contributed by atoms with van der Waals surface area (Å²) in [7, 11) is 1.54. The number of carbonyl (C=O) groups excluding carboxylic acids is 2. The van der Waals surface area contributed by atoms with E-state index in [1.54, 1.807) is 24.3 Å². The van der Waals surface area contributed by atoms with Crippen molar-refractivity contribution in [3.63, 3.8) is 0 Å². The molecule has 0 bridgehead atoms. The summed E-state index contributed by atoms with van der Waals surface area (Å²) in [6, 6.07) is 18.3. The molecule has 0 spiro atoms.